The fraction of sp³-hybridized carbons (Fsp3) is 0.600. The summed E-state index contributed by atoms with van der Waals surface area (Å²) >= 11 is 0. The molecule has 0 aliphatic rings. The number of rotatable bonds is 8. The summed E-state index contributed by atoms with van der Waals surface area (Å²) in [4.78, 5) is 0. The third-order valence-corrected chi connectivity index (χ3v) is 3.10. The van der Waals surface area contributed by atoms with Gasteiger partial charge in [-0.1, -0.05) is 57.0 Å². The smallest absolute Gasteiger partial charge is 0.0626 e. The number of nitrogens with one attached hydrogen (secondary N) is 1. The van der Waals surface area contributed by atoms with Crippen LogP contribution in [-0.2, 0) is 0 Å². The summed E-state index contributed by atoms with van der Waals surface area (Å²) in [5.74, 6) is 0. The minimum atomic E-state index is 0.0688. The Morgan fingerprint density at radius 3 is 2.12 bits per heavy atom. The summed E-state index contributed by atoms with van der Waals surface area (Å²) < 4.78 is 0. The molecule has 0 saturated heterocycles. The molecular formula is C15H25NO. The summed E-state index contributed by atoms with van der Waals surface area (Å²) in [6.07, 6.45) is 4.73. The Labute approximate surface area is 105 Å². The van der Waals surface area contributed by atoms with E-state index in [0.29, 0.717) is 6.04 Å². The number of benzene rings is 1. The van der Waals surface area contributed by atoms with Crippen molar-refractivity contribution >= 4 is 0 Å². The summed E-state index contributed by atoms with van der Waals surface area (Å²) in [5.41, 5.74) is 1.17. The maximum Gasteiger partial charge on any atom is 0.0626 e. The Morgan fingerprint density at radius 1 is 1.06 bits per heavy atom. The second kappa shape index (κ2) is 8.26. The van der Waals surface area contributed by atoms with E-state index in [1.54, 1.807) is 0 Å². The van der Waals surface area contributed by atoms with E-state index in [9.17, 15) is 5.11 Å². The van der Waals surface area contributed by atoms with Crippen LogP contribution in [0.15, 0.2) is 30.3 Å². The van der Waals surface area contributed by atoms with Gasteiger partial charge in [-0.25, -0.2) is 0 Å². The Hall–Kier alpha value is -0.860. The highest BCUT2D eigenvalue weighted by atomic mass is 16.3. The van der Waals surface area contributed by atoms with E-state index < -0.39 is 0 Å². The zero-order valence-electron chi connectivity index (χ0n) is 11.0. The first-order valence-electron chi connectivity index (χ1n) is 6.73. The molecular weight excluding hydrogens is 210 g/mol. The molecule has 0 aliphatic carbocycles. The van der Waals surface area contributed by atoms with Gasteiger partial charge in [-0.3, -0.25) is 0 Å². The lowest BCUT2D eigenvalue weighted by Gasteiger charge is -2.24. The van der Waals surface area contributed by atoms with Crippen molar-refractivity contribution in [2.45, 2.75) is 51.6 Å². The maximum atomic E-state index is 9.50. The number of hydrogen-bond acceptors (Lipinski definition) is 2. The molecule has 0 amide bonds. The molecule has 0 radical (unpaired) electrons. The average Bonchev–Trinajstić information content (AvgIpc) is 2.37. The largest absolute Gasteiger partial charge is 0.394 e. The predicted octanol–water partition coefficient (Wildman–Crippen LogP) is 3.28. The van der Waals surface area contributed by atoms with Crippen molar-refractivity contribution in [1.29, 1.82) is 0 Å². The van der Waals surface area contributed by atoms with Crippen LogP contribution in [0.25, 0.3) is 0 Å². The van der Waals surface area contributed by atoms with E-state index in [4.69, 9.17) is 0 Å². The van der Waals surface area contributed by atoms with Crippen LogP contribution in [0.4, 0.5) is 0 Å². The van der Waals surface area contributed by atoms with Gasteiger partial charge < -0.3 is 10.4 Å². The van der Waals surface area contributed by atoms with Gasteiger partial charge in [0.25, 0.3) is 0 Å². The van der Waals surface area contributed by atoms with Crippen molar-refractivity contribution in [2.24, 2.45) is 0 Å². The molecule has 1 atom stereocenters. The molecule has 1 unspecified atom stereocenters. The van der Waals surface area contributed by atoms with Crippen molar-refractivity contribution in [1.82, 2.24) is 5.32 Å². The minimum Gasteiger partial charge on any atom is -0.394 e. The van der Waals surface area contributed by atoms with Gasteiger partial charge in [0.15, 0.2) is 0 Å². The highest BCUT2D eigenvalue weighted by Gasteiger charge is 2.14. The number of aliphatic hydroxyl groups is 1. The Balaban J connectivity index is 2.61. The third kappa shape index (κ3) is 4.88. The second-order valence-electron chi connectivity index (χ2n) is 4.59. The first kappa shape index (κ1) is 14.2. The van der Waals surface area contributed by atoms with E-state index >= 15 is 0 Å². The zero-order valence-corrected chi connectivity index (χ0v) is 11.0. The Bertz CT molecular complexity index is 280. The Kier molecular flexibility index (Phi) is 6.90. The van der Waals surface area contributed by atoms with Crippen LogP contribution in [-0.4, -0.2) is 17.8 Å². The summed E-state index contributed by atoms with van der Waals surface area (Å²) in [6.45, 7) is 4.58. The second-order valence-corrected chi connectivity index (χ2v) is 4.59. The normalized spacial score (nSPS) is 12.9. The van der Waals surface area contributed by atoms with Gasteiger partial charge in [-0.05, 0) is 18.4 Å². The van der Waals surface area contributed by atoms with Crippen molar-refractivity contribution in [3.05, 3.63) is 35.9 Å². The molecule has 2 heteroatoms. The van der Waals surface area contributed by atoms with Crippen molar-refractivity contribution in [3.8, 4) is 0 Å². The van der Waals surface area contributed by atoms with Crippen molar-refractivity contribution < 1.29 is 5.11 Å². The lowest BCUT2D eigenvalue weighted by atomic mass is 10.0. The van der Waals surface area contributed by atoms with Gasteiger partial charge in [0.2, 0.25) is 0 Å². The van der Waals surface area contributed by atoms with Crippen LogP contribution in [0.3, 0.4) is 0 Å². The molecule has 2 N–H and O–H groups in total. The fourth-order valence-corrected chi connectivity index (χ4v) is 2.23. The van der Waals surface area contributed by atoms with Crippen LogP contribution < -0.4 is 5.32 Å². The lowest BCUT2D eigenvalue weighted by molar-refractivity contribution is 0.227. The lowest BCUT2D eigenvalue weighted by Crippen LogP contribution is -2.34. The van der Waals surface area contributed by atoms with E-state index in [2.05, 4.69) is 31.3 Å². The maximum absolute atomic E-state index is 9.50. The van der Waals surface area contributed by atoms with Gasteiger partial charge in [0, 0.05) is 6.04 Å². The molecule has 1 rings (SSSR count). The van der Waals surface area contributed by atoms with Crippen molar-refractivity contribution in [3.63, 3.8) is 0 Å². The molecule has 0 aliphatic heterocycles. The quantitative estimate of drug-likeness (QED) is 0.724. The molecule has 1 aromatic carbocycles. The fourth-order valence-electron chi connectivity index (χ4n) is 2.23. The standard InChI is InChI=1S/C15H25NO/c1-3-8-14(9-4-2)16-15(12-17)13-10-6-5-7-11-13/h5-7,10-11,14-17H,3-4,8-9,12H2,1-2H3. The Morgan fingerprint density at radius 2 is 1.65 bits per heavy atom. The number of aliphatic hydroxyl groups excluding tert-OH is 1. The minimum absolute atomic E-state index is 0.0688. The van der Waals surface area contributed by atoms with Gasteiger partial charge in [0.1, 0.15) is 0 Å². The molecule has 0 saturated carbocycles. The van der Waals surface area contributed by atoms with Crippen LogP contribution in [0.1, 0.15) is 51.1 Å². The van der Waals surface area contributed by atoms with E-state index in [1.807, 2.05) is 18.2 Å². The molecule has 0 bridgehead atoms. The highest BCUT2D eigenvalue weighted by molar-refractivity contribution is 5.19. The molecule has 0 aromatic heterocycles. The average molecular weight is 235 g/mol. The summed E-state index contributed by atoms with van der Waals surface area (Å²) in [6, 6.07) is 10.8. The molecule has 2 nitrogen and oxygen atoms in total. The summed E-state index contributed by atoms with van der Waals surface area (Å²) in [7, 11) is 0. The molecule has 96 valence electrons. The van der Waals surface area contributed by atoms with Crippen LogP contribution in [0.2, 0.25) is 0 Å². The van der Waals surface area contributed by atoms with Gasteiger partial charge >= 0.3 is 0 Å². The molecule has 0 spiro atoms. The topological polar surface area (TPSA) is 32.3 Å². The first-order valence-corrected chi connectivity index (χ1v) is 6.73. The highest BCUT2D eigenvalue weighted by Crippen LogP contribution is 2.15. The molecule has 17 heavy (non-hydrogen) atoms. The SMILES string of the molecule is CCCC(CCC)NC(CO)c1ccccc1. The van der Waals surface area contributed by atoms with Crippen molar-refractivity contribution in [2.75, 3.05) is 6.61 Å². The zero-order chi connectivity index (χ0) is 12.5. The number of hydrogen-bond donors (Lipinski definition) is 2. The van der Waals surface area contributed by atoms with Gasteiger partial charge in [0.05, 0.1) is 12.6 Å². The summed E-state index contributed by atoms with van der Waals surface area (Å²) in [5, 5.41) is 13.1. The molecule has 0 heterocycles. The van der Waals surface area contributed by atoms with E-state index in [1.165, 1.54) is 31.2 Å². The van der Waals surface area contributed by atoms with E-state index in [-0.39, 0.29) is 12.6 Å². The van der Waals surface area contributed by atoms with Gasteiger partial charge in [-0.2, -0.15) is 0 Å². The predicted molar refractivity (Wildman–Crippen MR) is 73.0 cm³/mol. The monoisotopic (exact) mass is 235 g/mol. The first-order chi connectivity index (χ1) is 8.31. The third-order valence-electron chi connectivity index (χ3n) is 3.10. The van der Waals surface area contributed by atoms with Crippen LogP contribution >= 0.6 is 0 Å². The van der Waals surface area contributed by atoms with Gasteiger partial charge in [-0.15, -0.1) is 0 Å². The molecule has 0 fully saturated rings. The van der Waals surface area contributed by atoms with E-state index in [0.717, 1.165) is 0 Å². The van der Waals surface area contributed by atoms with Crippen LogP contribution in [0.5, 0.6) is 0 Å². The van der Waals surface area contributed by atoms with Crippen LogP contribution in [0, 0.1) is 0 Å². The molecule has 1 aromatic rings.